The monoisotopic (exact) mass is 390 g/mol. The number of alkyl halides is 3. The molecule has 0 spiro atoms. The number of aryl methyl sites for hydroxylation is 1. The van der Waals surface area contributed by atoms with Crippen LogP contribution in [0.1, 0.15) is 24.0 Å². The van der Waals surface area contributed by atoms with Gasteiger partial charge in [0.1, 0.15) is 0 Å². The molecule has 2 amide bonds. The van der Waals surface area contributed by atoms with Gasteiger partial charge < -0.3 is 10.2 Å². The predicted octanol–water partition coefficient (Wildman–Crippen LogP) is 4.13. The molecule has 2 aromatic carbocycles. The van der Waals surface area contributed by atoms with Crippen LogP contribution in [-0.4, -0.2) is 29.8 Å². The van der Waals surface area contributed by atoms with Crippen molar-refractivity contribution in [3.8, 4) is 0 Å². The van der Waals surface area contributed by atoms with Gasteiger partial charge in [-0.25, -0.2) is 0 Å². The Morgan fingerprint density at radius 3 is 2.46 bits per heavy atom. The molecule has 4 nitrogen and oxygen atoms in total. The number of hydrogen-bond acceptors (Lipinski definition) is 2. The molecule has 1 aliphatic heterocycles. The van der Waals surface area contributed by atoms with E-state index in [1.54, 1.807) is 4.90 Å². The van der Waals surface area contributed by atoms with Gasteiger partial charge in [-0.2, -0.15) is 13.2 Å². The molecule has 1 heterocycles. The van der Waals surface area contributed by atoms with E-state index in [1.807, 2.05) is 30.3 Å². The van der Waals surface area contributed by atoms with Crippen molar-refractivity contribution in [3.05, 3.63) is 65.7 Å². The molecule has 1 unspecified atom stereocenters. The molecule has 3 rings (SSSR count). The number of rotatable bonds is 6. The van der Waals surface area contributed by atoms with E-state index in [1.165, 1.54) is 23.8 Å². The van der Waals surface area contributed by atoms with Crippen molar-refractivity contribution in [1.82, 2.24) is 4.90 Å². The number of likely N-dealkylation sites (tertiary alicyclic amines) is 1. The van der Waals surface area contributed by atoms with Crippen LogP contribution in [-0.2, 0) is 22.2 Å². The van der Waals surface area contributed by atoms with Crippen molar-refractivity contribution in [1.29, 1.82) is 0 Å². The highest BCUT2D eigenvalue weighted by atomic mass is 19.4. The topological polar surface area (TPSA) is 49.4 Å². The van der Waals surface area contributed by atoms with E-state index in [0.29, 0.717) is 6.54 Å². The Kier molecular flexibility index (Phi) is 6.02. The van der Waals surface area contributed by atoms with Crippen molar-refractivity contribution in [3.63, 3.8) is 0 Å². The smallest absolute Gasteiger partial charge is 0.342 e. The molecule has 0 aliphatic carbocycles. The molecule has 7 heteroatoms. The maximum Gasteiger partial charge on any atom is 0.418 e. The lowest BCUT2D eigenvalue weighted by Gasteiger charge is -2.17. The molecular weight excluding hydrogens is 369 g/mol. The van der Waals surface area contributed by atoms with Crippen molar-refractivity contribution < 1.29 is 22.8 Å². The second-order valence-corrected chi connectivity index (χ2v) is 6.86. The fourth-order valence-electron chi connectivity index (χ4n) is 3.36. The number of nitrogens with one attached hydrogen (secondary N) is 1. The quantitative estimate of drug-likeness (QED) is 0.807. The third-order valence-electron chi connectivity index (χ3n) is 4.81. The number of amides is 2. The summed E-state index contributed by atoms with van der Waals surface area (Å²) in [4.78, 5) is 26.2. The molecule has 148 valence electrons. The lowest BCUT2D eigenvalue weighted by Crippen LogP contribution is -2.29. The van der Waals surface area contributed by atoms with Crippen molar-refractivity contribution in [2.75, 3.05) is 18.4 Å². The summed E-state index contributed by atoms with van der Waals surface area (Å²) in [7, 11) is 0. The van der Waals surface area contributed by atoms with Crippen LogP contribution in [0.2, 0.25) is 0 Å². The first-order valence-electron chi connectivity index (χ1n) is 9.13. The molecule has 1 aliphatic rings. The van der Waals surface area contributed by atoms with Crippen LogP contribution >= 0.6 is 0 Å². The summed E-state index contributed by atoms with van der Waals surface area (Å²) >= 11 is 0. The third kappa shape index (κ3) is 4.91. The minimum atomic E-state index is -4.56. The van der Waals surface area contributed by atoms with Gasteiger partial charge >= 0.3 is 6.18 Å². The molecule has 0 radical (unpaired) electrons. The fraction of sp³-hybridized carbons (Fsp3) is 0.333. The zero-order valence-electron chi connectivity index (χ0n) is 15.2. The van der Waals surface area contributed by atoms with Crippen molar-refractivity contribution in [2.24, 2.45) is 5.92 Å². The number of hydrogen-bond donors (Lipinski definition) is 1. The van der Waals surface area contributed by atoms with Crippen LogP contribution in [0.25, 0.3) is 0 Å². The number of halogens is 3. The second-order valence-electron chi connectivity index (χ2n) is 6.86. The van der Waals surface area contributed by atoms with Gasteiger partial charge in [0.2, 0.25) is 11.8 Å². The molecule has 2 aromatic rings. The van der Waals surface area contributed by atoms with E-state index in [-0.39, 0.29) is 24.6 Å². The number of nitrogens with zero attached hydrogens (tertiary/aromatic N) is 1. The molecule has 0 saturated carbocycles. The summed E-state index contributed by atoms with van der Waals surface area (Å²) in [6.07, 6.45) is -2.95. The maximum absolute atomic E-state index is 13.1. The number of anilines is 1. The molecule has 0 bridgehead atoms. The van der Waals surface area contributed by atoms with Crippen molar-refractivity contribution >= 4 is 17.5 Å². The minimum Gasteiger partial charge on any atom is -0.342 e. The van der Waals surface area contributed by atoms with Gasteiger partial charge in [0.05, 0.1) is 17.2 Å². The molecular formula is C21H21F3N2O2. The number of carbonyl (C=O) groups excluding carboxylic acids is 2. The summed E-state index contributed by atoms with van der Waals surface area (Å²) in [5, 5.41) is 2.34. The van der Waals surface area contributed by atoms with Gasteiger partial charge in [0, 0.05) is 19.5 Å². The summed E-state index contributed by atoms with van der Waals surface area (Å²) in [6.45, 7) is 0.754. The lowest BCUT2D eigenvalue weighted by atomic mass is 10.1. The highest BCUT2D eigenvalue weighted by molar-refractivity contribution is 5.97. The Labute approximate surface area is 161 Å². The SMILES string of the molecule is O=C(Nc1ccccc1C(F)(F)F)C1CC(=O)N(CCCc2ccccc2)C1. The maximum atomic E-state index is 13.1. The largest absolute Gasteiger partial charge is 0.418 e. The summed E-state index contributed by atoms with van der Waals surface area (Å²) in [6, 6.07) is 14.7. The zero-order chi connectivity index (χ0) is 20.1. The van der Waals surface area contributed by atoms with Crippen LogP contribution in [0.4, 0.5) is 18.9 Å². The van der Waals surface area contributed by atoms with E-state index < -0.39 is 23.6 Å². The van der Waals surface area contributed by atoms with Gasteiger partial charge in [-0.3, -0.25) is 9.59 Å². The molecule has 1 saturated heterocycles. The first-order valence-corrected chi connectivity index (χ1v) is 9.13. The fourth-order valence-corrected chi connectivity index (χ4v) is 3.36. The van der Waals surface area contributed by atoms with Gasteiger partial charge in [-0.1, -0.05) is 42.5 Å². The Balaban J connectivity index is 1.55. The average molecular weight is 390 g/mol. The molecule has 0 aromatic heterocycles. The van der Waals surface area contributed by atoms with Gasteiger partial charge in [0.25, 0.3) is 0 Å². The van der Waals surface area contributed by atoms with E-state index in [9.17, 15) is 22.8 Å². The van der Waals surface area contributed by atoms with E-state index >= 15 is 0 Å². The van der Waals surface area contributed by atoms with E-state index in [4.69, 9.17) is 0 Å². The highest BCUT2D eigenvalue weighted by Crippen LogP contribution is 2.35. The number of carbonyl (C=O) groups is 2. The van der Waals surface area contributed by atoms with Crippen LogP contribution in [0.5, 0.6) is 0 Å². The minimum absolute atomic E-state index is 0.0192. The second kappa shape index (κ2) is 8.46. The third-order valence-corrected chi connectivity index (χ3v) is 4.81. The van der Waals surface area contributed by atoms with Crippen LogP contribution in [0, 0.1) is 5.92 Å². The summed E-state index contributed by atoms with van der Waals surface area (Å²) in [5.74, 6) is -1.35. The predicted molar refractivity (Wildman–Crippen MR) is 99.5 cm³/mol. The zero-order valence-corrected chi connectivity index (χ0v) is 15.2. The van der Waals surface area contributed by atoms with Crippen LogP contribution < -0.4 is 5.32 Å². The Morgan fingerprint density at radius 2 is 1.75 bits per heavy atom. The van der Waals surface area contributed by atoms with Crippen LogP contribution in [0.3, 0.4) is 0 Å². The summed E-state index contributed by atoms with van der Waals surface area (Å²) in [5.41, 5.74) is -0.00503. The first kappa shape index (κ1) is 19.9. The highest BCUT2D eigenvalue weighted by Gasteiger charge is 2.37. The van der Waals surface area contributed by atoms with E-state index in [2.05, 4.69) is 5.32 Å². The van der Waals surface area contributed by atoms with Gasteiger partial charge in [0.15, 0.2) is 0 Å². The number of para-hydroxylation sites is 1. The Morgan fingerprint density at radius 1 is 1.07 bits per heavy atom. The first-order chi connectivity index (χ1) is 13.3. The summed E-state index contributed by atoms with van der Waals surface area (Å²) < 4.78 is 39.2. The standard InChI is InChI=1S/C21H21F3N2O2/c22-21(23,24)17-10-4-5-11-18(17)25-20(28)16-13-19(27)26(14-16)12-6-9-15-7-2-1-3-8-15/h1-5,7-8,10-11,16H,6,9,12-14H2,(H,25,28). The van der Waals surface area contributed by atoms with Gasteiger partial charge in [-0.05, 0) is 30.5 Å². The number of benzene rings is 2. The molecule has 1 atom stereocenters. The molecule has 28 heavy (non-hydrogen) atoms. The van der Waals surface area contributed by atoms with E-state index in [0.717, 1.165) is 18.9 Å². The van der Waals surface area contributed by atoms with Gasteiger partial charge in [-0.15, -0.1) is 0 Å². The normalized spacial score (nSPS) is 17.0. The molecule has 1 fully saturated rings. The van der Waals surface area contributed by atoms with Crippen LogP contribution in [0.15, 0.2) is 54.6 Å². The lowest BCUT2D eigenvalue weighted by molar-refractivity contribution is -0.137. The average Bonchev–Trinajstić information content (AvgIpc) is 3.03. The Hall–Kier alpha value is -2.83. The van der Waals surface area contributed by atoms with Crippen molar-refractivity contribution in [2.45, 2.75) is 25.4 Å². The Bertz CT molecular complexity index is 837. The molecule has 1 N–H and O–H groups in total.